The first-order valence-electron chi connectivity index (χ1n) is 24.0. The van der Waals surface area contributed by atoms with Crippen molar-refractivity contribution in [2.45, 2.75) is 38.9 Å². The molecular formula is C64H52BBrN2O2. The third-order valence-electron chi connectivity index (χ3n) is 14.0. The molecule has 0 amide bonds. The number of hydrogen-bond acceptors (Lipinski definition) is 4. The zero-order valence-electron chi connectivity index (χ0n) is 39.8. The van der Waals surface area contributed by atoms with Crippen molar-refractivity contribution in [3.05, 3.63) is 247 Å². The van der Waals surface area contributed by atoms with E-state index in [0.717, 1.165) is 44.1 Å². The highest BCUT2D eigenvalue weighted by atomic mass is 79.9. The van der Waals surface area contributed by atoms with Gasteiger partial charge in [-0.15, -0.1) is 0 Å². The molecule has 0 bridgehead atoms. The van der Waals surface area contributed by atoms with Crippen LogP contribution in [0.5, 0.6) is 0 Å². The van der Waals surface area contributed by atoms with Crippen LogP contribution in [0.3, 0.4) is 0 Å². The smallest absolute Gasteiger partial charge is 0.399 e. The maximum atomic E-state index is 6.18. The molecule has 1 saturated heterocycles. The second kappa shape index (κ2) is 18.8. The third kappa shape index (κ3) is 8.32. The van der Waals surface area contributed by atoms with Crippen LogP contribution in [0.1, 0.15) is 27.7 Å². The van der Waals surface area contributed by atoms with E-state index >= 15 is 0 Å². The zero-order chi connectivity index (χ0) is 47.8. The molecule has 70 heavy (non-hydrogen) atoms. The minimum absolute atomic E-state index is 0.337. The summed E-state index contributed by atoms with van der Waals surface area (Å²) in [4.78, 5) is 4.55. The van der Waals surface area contributed by atoms with Gasteiger partial charge in [-0.2, -0.15) is 0 Å². The maximum absolute atomic E-state index is 6.18. The number of fused-ring (bicyclic) bond motifs is 7. The van der Waals surface area contributed by atoms with Crippen LogP contribution in [0.4, 0.5) is 34.1 Å². The molecule has 1 aliphatic heterocycles. The largest absolute Gasteiger partial charge is 0.494 e. The van der Waals surface area contributed by atoms with Gasteiger partial charge in [-0.25, -0.2) is 0 Å². The molecule has 0 spiro atoms. The fourth-order valence-corrected chi connectivity index (χ4v) is 10.6. The first-order valence-corrected chi connectivity index (χ1v) is 24.8. The fraction of sp³-hybridized carbons (Fsp3) is 0.0938. The van der Waals surface area contributed by atoms with Gasteiger partial charge in [-0.1, -0.05) is 170 Å². The lowest BCUT2D eigenvalue weighted by Gasteiger charge is -2.32. The molecule has 0 aliphatic carbocycles. The molecule has 11 aromatic rings. The molecule has 0 unspecified atom stereocenters. The maximum Gasteiger partial charge on any atom is 0.494 e. The SMILES string of the molecule is Brc1c2ccccc2c(-c2ccc(N(c3ccccc3)c3ccccc3)cc2)c2c3ccccc3c3ccccc3c12.CC1(C)OB(c2ccc(N(c3ccccc3)c3ccccc3)cc2)OC1(C)C. The zero-order valence-corrected chi connectivity index (χ0v) is 41.3. The summed E-state index contributed by atoms with van der Waals surface area (Å²) >= 11 is 4.07. The lowest BCUT2D eigenvalue weighted by atomic mass is 9.79. The molecule has 340 valence electrons. The van der Waals surface area contributed by atoms with Crippen LogP contribution in [0.25, 0.3) is 54.2 Å². The molecule has 12 rings (SSSR count). The Balaban J connectivity index is 0.000000166. The van der Waals surface area contributed by atoms with Crippen LogP contribution < -0.4 is 15.3 Å². The van der Waals surface area contributed by atoms with Crippen molar-refractivity contribution in [3.8, 4) is 11.1 Å². The summed E-state index contributed by atoms with van der Waals surface area (Å²) in [5, 5.41) is 10.1. The van der Waals surface area contributed by atoms with Gasteiger partial charge in [0, 0.05) is 44.0 Å². The molecule has 6 heteroatoms. The third-order valence-corrected chi connectivity index (χ3v) is 14.8. The summed E-state index contributed by atoms with van der Waals surface area (Å²) < 4.78 is 13.5. The van der Waals surface area contributed by atoms with E-state index in [9.17, 15) is 0 Å². The number of halogens is 1. The Hall–Kier alpha value is -7.48. The highest BCUT2D eigenvalue weighted by molar-refractivity contribution is 9.10. The van der Waals surface area contributed by atoms with Crippen molar-refractivity contribution < 1.29 is 9.31 Å². The monoisotopic (exact) mass is 970 g/mol. The number of rotatable bonds is 8. The van der Waals surface area contributed by atoms with Crippen molar-refractivity contribution in [2.75, 3.05) is 9.80 Å². The Kier molecular flexibility index (Phi) is 12.1. The van der Waals surface area contributed by atoms with Gasteiger partial charge in [-0.05, 0) is 171 Å². The number of benzene rings is 11. The van der Waals surface area contributed by atoms with Crippen molar-refractivity contribution in [2.24, 2.45) is 0 Å². The standard InChI is InChI=1S/C40H26BrN.C24H26BNO2/c41-40-36-22-12-11-21-35(36)37(38-33-19-9-7-17-31(33)32-18-8-10-20-34(32)39(38)40)27-23-25-30(26-24-27)42(28-13-3-1-4-14-28)29-15-5-2-6-16-29;1-23(2)24(3,4)28-25(27-23)19-15-17-22(18-16-19)26(20-11-7-5-8-12-20)21-13-9-6-10-14-21/h1-26H;5-18H,1-4H3. The minimum Gasteiger partial charge on any atom is -0.399 e. The molecule has 4 nitrogen and oxygen atoms in total. The summed E-state index contributed by atoms with van der Waals surface area (Å²) in [6.45, 7) is 8.31. The first-order chi connectivity index (χ1) is 34.2. The van der Waals surface area contributed by atoms with Gasteiger partial charge in [0.1, 0.15) is 0 Å². The molecule has 0 aromatic heterocycles. The normalized spacial score (nSPS) is 13.9. The molecule has 0 atom stereocenters. The summed E-state index contributed by atoms with van der Waals surface area (Å²) in [5.41, 5.74) is 9.55. The van der Waals surface area contributed by atoms with Crippen LogP contribution in [0.2, 0.25) is 0 Å². The topological polar surface area (TPSA) is 24.9 Å². The van der Waals surface area contributed by atoms with Crippen molar-refractivity contribution >= 4 is 106 Å². The van der Waals surface area contributed by atoms with E-state index < -0.39 is 0 Å². The van der Waals surface area contributed by atoms with E-state index in [2.05, 4.69) is 284 Å². The minimum atomic E-state index is -0.346. The Morgan fingerprint density at radius 1 is 0.329 bits per heavy atom. The average molecular weight is 972 g/mol. The van der Waals surface area contributed by atoms with Gasteiger partial charge >= 0.3 is 7.12 Å². The van der Waals surface area contributed by atoms with E-state index in [0.29, 0.717) is 0 Å². The van der Waals surface area contributed by atoms with Gasteiger partial charge in [0.15, 0.2) is 0 Å². The Labute approximate surface area is 419 Å². The van der Waals surface area contributed by atoms with Gasteiger partial charge in [0.25, 0.3) is 0 Å². The van der Waals surface area contributed by atoms with Crippen LogP contribution in [0, 0.1) is 0 Å². The molecular weight excluding hydrogens is 919 g/mol. The number of hydrogen-bond donors (Lipinski definition) is 0. The first kappa shape index (κ1) is 45.0. The van der Waals surface area contributed by atoms with Crippen LogP contribution in [-0.2, 0) is 9.31 Å². The van der Waals surface area contributed by atoms with Crippen molar-refractivity contribution in [1.82, 2.24) is 0 Å². The van der Waals surface area contributed by atoms with E-state index in [1.165, 1.54) is 54.2 Å². The summed E-state index contributed by atoms with van der Waals surface area (Å²) in [5.74, 6) is 0. The highest BCUT2D eigenvalue weighted by Gasteiger charge is 2.51. The Morgan fingerprint density at radius 3 is 1.06 bits per heavy atom. The molecule has 0 N–H and O–H groups in total. The second-order valence-corrected chi connectivity index (χ2v) is 19.6. The lowest BCUT2D eigenvalue weighted by molar-refractivity contribution is 0.00578. The van der Waals surface area contributed by atoms with E-state index in [-0.39, 0.29) is 18.3 Å². The average Bonchev–Trinajstić information content (AvgIpc) is 3.63. The van der Waals surface area contributed by atoms with E-state index in [1.54, 1.807) is 0 Å². The van der Waals surface area contributed by atoms with Crippen molar-refractivity contribution in [1.29, 1.82) is 0 Å². The second-order valence-electron chi connectivity index (χ2n) is 18.8. The van der Waals surface area contributed by atoms with E-state index in [4.69, 9.17) is 9.31 Å². The molecule has 1 fully saturated rings. The number of para-hydroxylation sites is 4. The highest BCUT2D eigenvalue weighted by Crippen LogP contribution is 2.49. The molecule has 0 radical (unpaired) electrons. The van der Waals surface area contributed by atoms with Gasteiger partial charge in [0.05, 0.1) is 11.2 Å². The van der Waals surface area contributed by atoms with Crippen LogP contribution >= 0.6 is 15.9 Å². The molecule has 1 heterocycles. The van der Waals surface area contributed by atoms with Crippen molar-refractivity contribution in [3.63, 3.8) is 0 Å². The van der Waals surface area contributed by atoms with Crippen LogP contribution in [0.15, 0.2) is 247 Å². The predicted molar refractivity (Wildman–Crippen MR) is 301 cm³/mol. The van der Waals surface area contributed by atoms with Gasteiger partial charge in [0.2, 0.25) is 0 Å². The summed E-state index contributed by atoms with van der Waals surface area (Å²) in [6, 6.07) is 85.8. The molecule has 0 saturated carbocycles. The Morgan fingerprint density at radius 2 is 0.643 bits per heavy atom. The molecule has 1 aliphatic rings. The summed E-state index contributed by atoms with van der Waals surface area (Å²) in [7, 11) is -0.346. The number of anilines is 6. The predicted octanol–water partition coefficient (Wildman–Crippen LogP) is 17.7. The lowest BCUT2D eigenvalue weighted by Crippen LogP contribution is -2.41. The fourth-order valence-electron chi connectivity index (χ4n) is 9.83. The molecule has 11 aromatic carbocycles. The quantitative estimate of drug-likeness (QED) is 0.0861. The number of nitrogens with zero attached hydrogens (tertiary/aromatic N) is 2. The van der Waals surface area contributed by atoms with Gasteiger partial charge in [-0.3, -0.25) is 0 Å². The Bertz CT molecular complexity index is 3510. The van der Waals surface area contributed by atoms with E-state index in [1.807, 2.05) is 12.1 Å². The summed E-state index contributed by atoms with van der Waals surface area (Å²) in [6.07, 6.45) is 0. The van der Waals surface area contributed by atoms with Gasteiger partial charge < -0.3 is 19.1 Å². The van der Waals surface area contributed by atoms with Crippen LogP contribution in [-0.4, -0.2) is 18.3 Å².